The predicted octanol–water partition coefficient (Wildman–Crippen LogP) is 1.32. The molecule has 0 aliphatic carbocycles. The molecule has 0 aromatic heterocycles. The standard InChI is InChI=1S/C13H28NO6P/c1-2-3-4-7-11(21(18,19)20)8-5-6-9-14-12(10-15)13(16)17/h11-12,14-15H,2-10H2,1H3,(H,16,17)(H2,18,19,20)/t11?,12-/m0/s1. The van der Waals surface area contributed by atoms with Gasteiger partial charge in [-0.05, 0) is 25.8 Å². The van der Waals surface area contributed by atoms with Gasteiger partial charge in [0.2, 0.25) is 0 Å². The highest BCUT2D eigenvalue weighted by atomic mass is 31.2. The first-order chi connectivity index (χ1) is 9.82. The van der Waals surface area contributed by atoms with E-state index < -0.39 is 31.9 Å². The highest BCUT2D eigenvalue weighted by molar-refractivity contribution is 7.52. The molecule has 126 valence electrons. The number of hydrogen-bond donors (Lipinski definition) is 5. The zero-order valence-corrected chi connectivity index (χ0v) is 13.5. The van der Waals surface area contributed by atoms with Crippen molar-refractivity contribution in [1.82, 2.24) is 5.32 Å². The SMILES string of the molecule is CCCCCC(CCCCN[C@@H](CO)C(=O)O)P(=O)(O)O. The third kappa shape index (κ3) is 9.98. The number of aliphatic carboxylic acids is 1. The normalized spacial score (nSPS) is 14.9. The van der Waals surface area contributed by atoms with Gasteiger partial charge in [0, 0.05) is 0 Å². The molecular formula is C13H28NO6P. The van der Waals surface area contributed by atoms with Gasteiger partial charge in [-0.25, -0.2) is 0 Å². The van der Waals surface area contributed by atoms with E-state index >= 15 is 0 Å². The largest absolute Gasteiger partial charge is 0.480 e. The minimum atomic E-state index is -4.06. The van der Waals surface area contributed by atoms with Crippen LogP contribution in [0.25, 0.3) is 0 Å². The molecular weight excluding hydrogens is 297 g/mol. The molecule has 0 spiro atoms. The van der Waals surface area contributed by atoms with Gasteiger partial charge in [-0.1, -0.05) is 32.6 Å². The van der Waals surface area contributed by atoms with Crippen LogP contribution in [0.15, 0.2) is 0 Å². The van der Waals surface area contributed by atoms with Crippen molar-refractivity contribution < 1.29 is 29.4 Å². The van der Waals surface area contributed by atoms with Crippen LogP contribution < -0.4 is 5.32 Å². The maximum absolute atomic E-state index is 11.4. The van der Waals surface area contributed by atoms with Gasteiger partial charge in [-0.2, -0.15) is 0 Å². The fourth-order valence-corrected chi connectivity index (χ4v) is 3.16. The number of carboxylic acids is 1. The molecule has 1 unspecified atom stereocenters. The van der Waals surface area contributed by atoms with Crippen molar-refractivity contribution in [3.05, 3.63) is 0 Å². The average Bonchev–Trinajstić information content (AvgIpc) is 2.39. The van der Waals surface area contributed by atoms with Crippen molar-refractivity contribution in [3.8, 4) is 0 Å². The maximum Gasteiger partial charge on any atom is 0.328 e. The zero-order chi connectivity index (χ0) is 16.3. The summed E-state index contributed by atoms with van der Waals surface area (Å²) in [5, 5.41) is 20.2. The van der Waals surface area contributed by atoms with E-state index in [4.69, 9.17) is 10.2 Å². The monoisotopic (exact) mass is 325 g/mol. The molecule has 0 aromatic carbocycles. The summed E-state index contributed by atoms with van der Waals surface area (Å²) < 4.78 is 11.4. The minimum Gasteiger partial charge on any atom is -0.480 e. The summed E-state index contributed by atoms with van der Waals surface area (Å²) in [6.45, 7) is 1.97. The maximum atomic E-state index is 11.4. The first kappa shape index (κ1) is 20.5. The van der Waals surface area contributed by atoms with Crippen molar-refractivity contribution >= 4 is 13.6 Å². The highest BCUT2D eigenvalue weighted by Gasteiger charge is 2.27. The van der Waals surface area contributed by atoms with Crippen LogP contribution in [0.1, 0.15) is 51.9 Å². The van der Waals surface area contributed by atoms with Gasteiger partial charge in [-0.3, -0.25) is 9.36 Å². The van der Waals surface area contributed by atoms with Crippen LogP contribution in [0.2, 0.25) is 0 Å². The van der Waals surface area contributed by atoms with Gasteiger partial charge >= 0.3 is 13.6 Å². The Bertz CT molecular complexity index is 333. The predicted molar refractivity (Wildman–Crippen MR) is 80.3 cm³/mol. The van der Waals surface area contributed by atoms with E-state index in [1.807, 2.05) is 6.92 Å². The highest BCUT2D eigenvalue weighted by Crippen LogP contribution is 2.46. The van der Waals surface area contributed by atoms with Crippen LogP contribution in [-0.2, 0) is 9.36 Å². The Kier molecular flexibility index (Phi) is 10.9. The zero-order valence-electron chi connectivity index (χ0n) is 12.6. The average molecular weight is 325 g/mol. The van der Waals surface area contributed by atoms with E-state index in [1.54, 1.807) is 0 Å². The second-order valence-electron chi connectivity index (χ2n) is 5.26. The molecule has 0 fully saturated rings. The van der Waals surface area contributed by atoms with Gasteiger partial charge in [0.25, 0.3) is 0 Å². The number of carbonyl (C=O) groups is 1. The molecule has 8 heteroatoms. The molecule has 0 aromatic rings. The Labute approximate surface area is 125 Å². The molecule has 0 amide bonds. The molecule has 0 bridgehead atoms. The Morgan fingerprint density at radius 2 is 1.71 bits per heavy atom. The second-order valence-corrected chi connectivity index (χ2v) is 7.17. The number of aliphatic hydroxyl groups excluding tert-OH is 1. The smallest absolute Gasteiger partial charge is 0.328 e. The summed E-state index contributed by atoms with van der Waals surface area (Å²) in [5.41, 5.74) is -0.600. The molecule has 21 heavy (non-hydrogen) atoms. The molecule has 0 heterocycles. The Morgan fingerprint density at radius 3 is 2.14 bits per heavy atom. The summed E-state index contributed by atoms with van der Waals surface area (Å²) in [4.78, 5) is 29.3. The Balaban J connectivity index is 3.98. The molecule has 2 atom stereocenters. The van der Waals surface area contributed by atoms with Gasteiger partial charge in [0.05, 0.1) is 12.3 Å². The number of rotatable bonds is 13. The van der Waals surface area contributed by atoms with Crippen molar-refractivity contribution in [2.24, 2.45) is 0 Å². The third-order valence-corrected chi connectivity index (χ3v) is 4.92. The van der Waals surface area contributed by atoms with Crippen molar-refractivity contribution in [2.75, 3.05) is 13.2 Å². The van der Waals surface area contributed by atoms with Crippen molar-refractivity contribution in [2.45, 2.75) is 63.6 Å². The van der Waals surface area contributed by atoms with Crippen LogP contribution in [0.3, 0.4) is 0 Å². The van der Waals surface area contributed by atoms with E-state index in [9.17, 15) is 19.1 Å². The number of unbranched alkanes of at least 4 members (excludes halogenated alkanes) is 3. The van der Waals surface area contributed by atoms with Crippen LogP contribution in [0.5, 0.6) is 0 Å². The van der Waals surface area contributed by atoms with E-state index in [1.165, 1.54) is 0 Å². The second kappa shape index (κ2) is 11.2. The van der Waals surface area contributed by atoms with Gasteiger partial charge in [0.15, 0.2) is 0 Å². The molecule has 5 N–H and O–H groups in total. The molecule has 0 saturated heterocycles. The summed E-state index contributed by atoms with van der Waals surface area (Å²) >= 11 is 0. The third-order valence-electron chi connectivity index (χ3n) is 3.45. The fourth-order valence-electron chi connectivity index (χ4n) is 2.12. The molecule has 0 rings (SSSR count). The summed E-state index contributed by atoms with van der Waals surface area (Å²) in [6.07, 6.45) is 4.99. The van der Waals surface area contributed by atoms with E-state index in [0.717, 1.165) is 19.3 Å². The van der Waals surface area contributed by atoms with Crippen LogP contribution in [-0.4, -0.2) is 50.8 Å². The van der Waals surface area contributed by atoms with E-state index in [2.05, 4.69) is 5.32 Å². The first-order valence-electron chi connectivity index (χ1n) is 7.45. The molecule has 7 nitrogen and oxygen atoms in total. The van der Waals surface area contributed by atoms with Crippen LogP contribution in [0.4, 0.5) is 0 Å². The summed E-state index contributed by atoms with van der Waals surface area (Å²) in [6, 6.07) is -0.980. The lowest BCUT2D eigenvalue weighted by molar-refractivity contribution is -0.140. The summed E-state index contributed by atoms with van der Waals surface area (Å²) in [7, 11) is -4.06. The number of hydrogen-bond acceptors (Lipinski definition) is 4. The molecule has 0 radical (unpaired) electrons. The lowest BCUT2D eigenvalue weighted by Gasteiger charge is -2.18. The number of nitrogens with one attached hydrogen (secondary N) is 1. The molecule has 0 saturated carbocycles. The Hall–Kier alpha value is -0.460. The number of carboxylic acid groups (broad SMARTS) is 1. The van der Waals surface area contributed by atoms with E-state index in [-0.39, 0.29) is 0 Å². The number of aliphatic hydroxyl groups is 1. The molecule has 0 aliphatic heterocycles. The first-order valence-corrected chi connectivity index (χ1v) is 9.13. The lowest BCUT2D eigenvalue weighted by atomic mass is 10.1. The topological polar surface area (TPSA) is 127 Å². The van der Waals surface area contributed by atoms with Crippen LogP contribution >= 0.6 is 7.60 Å². The van der Waals surface area contributed by atoms with Gasteiger partial charge in [-0.15, -0.1) is 0 Å². The quantitative estimate of drug-likeness (QED) is 0.255. The molecule has 0 aliphatic rings. The van der Waals surface area contributed by atoms with Crippen molar-refractivity contribution in [1.29, 1.82) is 0 Å². The Morgan fingerprint density at radius 1 is 1.14 bits per heavy atom. The summed E-state index contributed by atoms with van der Waals surface area (Å²) in [5.74, 6) is -1.11. The van der Waals surface area contributed by atoms with Crippen LogP contribution in [0, 0.1) is 0 Å². The van der Waals surface area contributed by atoms with Gasteiger partial charge in [0.1, 0.15) is 6.04 Å². The van der Waals surface area contributed by atoms with Gasteiger partial charge < -0.3 is 25.3 Å². The fraction of sp³-hybridized carbons (Fsp3) is 0.923. The van der Waals surface area contributed by atoms with E-state index in [0.29, 0.717) is 32.2 Å². The lowest BCUT2D eigenvalue weighted by Crippen LogP contribution is -2.40. The minimum absolute atomic E-state index is 0.403. The van der Waals surface area contributed by atoms with Crippen molar-refractivity contribution in [3.63, 3.8) is 0 Å².